The van der Waals surface area contributed by atoms with Crippen LogP contribution in [-0.4, -0.2) is 28.0 Å². The van der Waals surface area contributed by atoms with Gasteiger partial charge in [0.1, 0.15) is 5.75 Å². The fourth-order valence-electron chi connectivity index (χ4n) is 4.48. The maximum absolute atomic E-state index is 13.1. The topological polar surface area (TPSA) is 75.7 Å². The predicted molar refractivity (Wildman–Crippen MR) is 129 cm³/mol. The highest BCUT2D eigenvalue weighted by Gasteiger charge is 2.26. The van der Waals surface area contributed by atoms with Gasteiger partial charge >= 0.3 is 0 Å². The molecule has 0 aromatic heterocycles. The summed E-state index contributed by atoms with van der Waals surface area (Å²) in [7, 11) is -2.08. The SMILES string of the molecule is COc1ccc(C(=O)N2CCc3ccc(CNS(=O)(=O)c4c(C)cc(C)cc4C)cc32)cc1. The Kier molecular flexibility index (Phi) is 6.28. The lowest BCUT2D eigenvalue weighted by Gasteiger charge is -2.19. The highest BCUT2D eigenvalue weighted by atomic mass is 32.2. The lowest BCUT2D eigenvalue weighted by atomic mass is 10.1. The van der Waals surface area contributed by atoms with Crippen molar-refractivity contribution in [2.45, 2.75) is 38.6 Å². The van der Waals surface area contributed by atoms with E-state index in [-0.39, 0.29) is 12.5 Å². The molecule has 3 aromatic rings. The number of carbonyl (C=O) groups excluding carboxylic acids is 1. The number of carbonyl (C=O) groups is 1. The second-order valence-corrected chi connectivity index (χ2v) is 10.2. The van der Waals surface area contributed by atoms with E-state index in [9.17, 15) is 13.2 Å². The first kappa shape index (κ1) is 23.0. The van der Waals surface area contributed by atoms with Crippen LogP contribution in [-0.2, 0) is 23.0 Å². The third-order valence-electron chi connectivity index (χ3n) is 5.97. The fourth-order valence-corrected chi connectivity index (χ4v) is 5.94. The van der Waals surface area contributed by atoms with E-state index in [4.69, 9.17) is 4.74 Å². The average Bonchev–Trinajstić information content (AvgIpc) is 3.19. The number of ether oxygens (including phenoxy) is 1. The number of nitrogens with one attached hydrogen (secondary N) is 1. The van der Waals surface area contributed by atoms with Gasteiger partial charge in [-0.1, -0.05) is 29.8 Å². The first-order chi connectivity index (χ1) is 15.7. The van der Waals surface area contributed by atoms with Crippen LogP contribution in [0.15, 0.2) is 59.5 Å². The fraction of sp³-hybridized carbons (Fsp3) is 0.269. The van der Waals surface area contributed by atoms with Crippen molar-refractivity contribution in [3.63, 3.8) is 0 Å². The summed E-state index contributed by atoms with van der Waals surface area (Å²) in [6, 6.07) is 16.6. The summed E-state index contributed by atoms with van der Waals surface area (Å²) in [5.41, 5.74) is 5.78. The molecule has 172 valence electrons. The van der Waals surface area contributed by atoms with E-state index in [1.807, 2.05) is 51.1 Å². The van der Waals surface area contributed by atoms with Crippen molar-refractivity contribution in [3.8, 4) is 5.75 Å². The van der Waals surface area contributed by atoms with Gasteiger partial charge in [-0.2, -0.15) is 0 Å². The standard InChI is InChI=1S/C26H28N2O4S/c1-17-13-18(2)25(19(3)14-17)33(30,31)27-16-20-5-6-21-11-12-28(24(21)15-20)26(29)22-7-9-23(32-4)10-8-22/h5-10,13-15,27H,11-12,16H2,1-4H3. The molecule has 0 radical (unpaired) electrons. The van der Waals surface area contributed by atoms with Gasteiger partial charge in [-0.15, -0.1) is 0 Å². The maximum Gasteiger partial charge on any atom is 0.258 e. The van der Waals surface area contributed by atoms with Gasteiger partial charge in [0, 0.05) is 24.3 Å². The molecule has 4 rings (SSSR count). The van der Waals surface area contributed by atoms with Gasteiger partial charge in [0.25, 0.3) is 5.91 Å². The number of fused-ring (bicyclic) bond motifs is 1. The summed E-state index contributed by atoms with van der Waals surface area (Å²) in [5, 5.41) is 0. The molecule has 0 saturated heterocycles. The van der Waals surface area contributed by atoms with E-state index in [0.717, 1.165) is 39.9 Å². The predicted octanol–water partition coefficient (Wildman–Crippen LogP) is 4.30. The quantitative estimate of drug-likeness (QED) is 0.590. The molecule has 1 amide bonds. The molecule has 1 aliphatic rings. The molecule has 0 unspecified atom stereocenters. The second-order valence-electron chi connectivity index (χ2n) is 8.45. The van der Waals surface area contributed by atoms with Crippen LogP contribution >= 0.6 is 0 Å². The molecule has 0 bridgehead atoms. The van der Waals surface area contributed by atoms with E-state index in [2.05, 4.69) is 4.72 Å². The molecule has 1 heterocycles. The number of hydrogen-bond acceptors (Lipinski definition) is 4. The molecule has 0 aliphatic carbocycles. The summed E-state index contributed by atoms with van der Waals surface area (Å²) in [5.74, 6) is 0.613. The van der Waals surface area contributed by atoms with Crippen LogP contribution in [0.3, 0.4) is 0 Å². The molecule has 7 heteroatoms. The van der Waals surface area contributed by atoms with Gasteiger partial charge in [0.05, 0.1) is 12.0 Å². The number of amides is 1. The van der Waals surface area contributed by atoms with Crippen molar-refractivity contribution in [2.24, 2.45) is 0 Å². The van der Waals surface area contributed by atoms with Crippen molar-refractivity contribution < 1.29 is 17.9 Å². The minimum Gasteiger partial charge on any atom is -0.497 e. The molecule has 3 aromatic carbocycles. The number of rotatable bonds is 6. The number of aryl methyl sites for hydroxylation is 3. The van der Waals surface area contributed by atoms with Crippen LogP contribution in [0.1, 0.15) is 38.2 Å². The highest BCUT2D eigenvalue weighted by Crippen LogP contribution is 2.31. The maximum atomic E-state index is 13.1. The number of benzene rings is 3. The van der Waals surface area contributed by atoms with Crippen molar-refractivity contribution in [1.29, 1.82) is 0 Å². The lowest BCUT2D eigenvalue weighted by Crippen LogP contribution is -2.29. The molecule has 1 aliphatic heterocycles. The zero-order chi connectivity index (χ0) is 23.8. The molecule has 33 heavy (non-hydrogen) atoms. The molecular formula is C26H28N2O4S. The monoisotopic (exact) mass is 464 g/mol. The van der Waals surface area contributed by atoms with Gasteiger partial charge in [0.15, 0.2) is 0 Å². The average molecular weight is 465 g/mol. The minimum absolute atomic E-state index is 0.0833. The van der Waals surface area contributed by atoms with E-state index in [1.165, 1.54) is 0 Å². The van der Waals surface area contributed by atoms with Crippen LogP contribution in [0.25, 0.3) is 0 Å². The zero-order valence-electron chi connectivity index (χ0n) is 19.3. The normalized spacial score (nSPS) is 13.2. The van der Waals surface area contributed by atoms with Crippen LogP contribution < -0.4 is 14.4 Å². The zero-order valence-corrected chi connectivity index (χ0v) is 20.1. The van der Waals surface area contributed by atoms with E-state index < -0.39 is 10.0 Å². The van der Waals surface area contributed by atoms with Crippen LogP contribution in [0.2, 0.25) is 0 Å². The number of anilines is 1. The number of sulfonamides is 1. The van der Waals surface area contributed by atoms with E-state index in [0.29, 0.717) is 22.8 Å². The molecule has 0 spiro atoms. The molecule has 0 atom stereocenters. The number of methoxy groups -OCH3 is 1. The third kappa shape index (κ3) is 4.65. The first-order valence-corrected chi connectivity index (χ1v) is 12.3. The van der Waals surface area contributed by atoms with Gasteiger partial charge < -0.3 is 9.64 Å². The Labute approximate surface area is 195 Å². The molecular weight excluding hydrogens is 436 g/mol. The van der Waals surface area contributed by atoms with Crippen molar-refractivity contribution >= 4 is 21.6 Å². The van der Waals surface area contributed by atoms with Gasteiger partial charge in [-0.05, 0) is 79.8 Å². The largest absolute Gasteiger partial charge is 0.497 e. The number of nitrogens with zero attached hydrogens (tertiary/aromatic N) is 1. The van der Waals surface area contributed by atoms with Crippen LogP contribution in [0.5, 0.6) is 5.75 Å². The summed E-state index contributed by atoms with van der Waals surface area (Å²) >= 11 is 0. The summed E-state index contributed by atoms with van der Waals surface area (Å²) in [6.45, 7) is 6.32. The van der Waals surface area contributed by atoms with Crippen LogP contribution in [0, 0.1) is 20.8 Å². The first-order valence-electron chi connectivity index (χ1n) is 10.8. The Balaban J connectivity index is 1.54. The lowest BCUT2D eigenvalue weighted by molar-refractivity contribution is 0.0989. The minimum atomic E-state index is -3.67. The van der Waals surface area contributed by atoms with Gasteiger partial charge in [0.2, 0.25) is 10.0 Å². The van der Waals surface area contributed by atoms with E-state index >= 15 is 0 Å². The van der Waals surface area contributed by atoms with Gasteiger partial charge in [-0.3, -0.25) is 4.79 Å². The molecule has 0 saturated carbocycles. The Morgan fingerprint density at radius 1 is 1.00 bits per heavy atom. The summed E-state index contributed by atoms with van der Waals surface area (Å²) in [6.07, 6.45) is 0.769. The summed E-state index contributed by atoms with van der Waals surface area (Å²) in [4.78, 5) is 15.2. The van der Waals surface area contributed by atoms with Crippen molar-refractivity contribution in [3.05, 3.63) is 88.0 Å². The molecule has 6 nitrogen and oxygen atoms in total. The van der Waals surface area contributed by atoms with Gasteiger partial charge in [-0.25, -0.2) is 13.1 Å². The van der Waals surface area contributed by atoms with Crippen LogP contribution in [0.4, 0.5) is 5.69 Å². The second kappa shape index (κ2) is 9.00. The summed E-state index contributed by atoms with van der Waals surface area (Å²) < 4.78 is 33.9. The smallest absolute Gasteiger partial charge is 0.258 e. The molecule has 0 fully saturated rings. The Morgan fingerprint density at radius 2 is 1.67 bits per heavy atom. The number of hydrogen-bond donors (Lipinski definition) is 1. The Hall–Kier alpha value is -3.16. The van der Waals surface area contributed by atoms with Crippen molar-refractivity contribution in [2.75, 3.05) is 18.6 Å². The Morgan fingerprint density at radius 3 is 2.30 bits per heavy atom. The van der Waals surface area contributed by atoms with Crippen molar-refractivity contribution in [1.82, 2.24) is 4.72 Å². The Bertz CT molecular complexity index is 1290. The highest BCUT2D eigenvalue weighted by molar-refractivity contribution is 7.89. The van der Waals surface area contributed by atoms with E-state index in [1.54, 1.807) is 36.3 Å². The third-order valence-corrected chi connectivity index (χ3v) is 7.67. The molecule has 1 N–H and O–H groups in total.